The minimum atomic E-state index is 0.595. The smallest absolute Gasteiger partial charge is 0.141 e. The lowest BCUT2D eigenvalue weighted by molar-refractivity contribution is 0.112. The van der Waals surface area contributed by atoms with Gasteiger partial charge < -0.3 is 5.32 Å². The minimum Gasteiger partial charge on any atom is -0.314 e. The van der Waals surface area contributed by atoms with E-state index in [4.69, 9.17) is 0 Å². The molecule has 1 aliphatic rings. The van der Waals surface area contributed by atoms with Gasteiger partial charge in [-0.1, -0.05) is 27.7 Å². The monoisotopic (exact) mass is 265 g/mol. The summed E-state index contributed by atoms with van der Waals surface area (Å²) >= 11 is 0. The summed E-state index contributed by atoms with van der Waals surface area (Å²) in [6.07, 6.45) is 1.68. The molecule has 108 valence electrons. The third-order valence-corrected chi connectivity index (χ3v) is 3.75. The molecule has 1 aromatic rings. The van der Waals surface area contributed by atoms with Crippen LogP contribution in [0.15, 0.2) is 6.33 Å². The van der Waals surface area contributed by atoms with Gasteiger partial charge in [-0.3, -0.25) is 4.90 Å². The largest absolute Gasteiger partial charge is 0.314 e. The Morgan fingerprint density at radius 2 is 2.16 bits per heavy atom. The van der Waals surface area contributed by atoms with E-state index in [1.807, 2.05) is 0 Å². The van der Waals surface area contributed by atoms with Gasteiger partial charge in [0.15, 0.2) is 0 Å². The van der Waals surface area contributed by atoms with Crippen molar-refractivity contribution in [3.63, 3.8) is 0 Å². The molecule has 1 unspecified atom stereocenters. The minimum absolute atomic E-state index is 0.595. The first-order valence-corrected chi connectivity index (χ1v) is 7.39. The zero-order valence-electron chi connectivity index (χ0n) is 12.6. The van der Waals surface area contributed by atoms with Gasteiger partial charge in [-0.2, -0.15) is 5.10 Å². The Bertz CT molecular complexity index is 385. The molecule has 0 aromatic carbocycles. The molecule has 0 aliphatic carbocycles. The van der Waals surface area contributed by atoms with Crippen molar-refractivity contribution in [1.82, 2.24) is 25.0 Å². The third kappa shape index (κ3) is 3.76. The molecular formula is C14H27N5. The number of rotatable bonds is 5. The lowest BCUT2D eigenvalue weighted by Gasteiger charge is -2.38. The van der Waals surface area contributed by atoms with Crippen LogP contribution in [0.25, 0.3) is 0 Å². The van der Waals surface area contributed by atoms with Crippen molar-refractivity contribution < 1.29 is 0 Å². The number of hydrogen-bond acceptors (Lipinski definition) is 4. The highest BCUT2D eigenvalue weighted by Gasteiger charge is 2.26. The van der Waals surface area contributed by atoms with Crippen LogP contribution in [0, 0.1) is 11.8 Å². The van der Waals surface area contributed by atoms with Gasteiger partial charge in [0.1, 0.15) is 12.2 Å². The molecule has 1 aliphatic heterocycles. The fourth-order valence-corrected chi connectivity index (χ4v) is 2.71. The van der Waals surface area contributed by atoms with Gasteiger partial charge in [0, 0.05) is 32.2 Å². The Balaban J connectivity index is 2.04. The molecule has 0 spiro atoms. The second-order valence-corrected chi connectivity index (χ2v) is 6.24. The summed E-state index contributed by atoms with van der Waals surface area (Å²) in [7, 11) is 0. The first-order chi connectivity index (χ1) is 9.08. The van der Waals surface area contributed by atoms with Crippen LogP contribution in [0.5, 0.6) is 0 Å². The SMILES string of the molecule is CC(C)Cn1ncnc1CN1CCNCC1C(C)C. The molecule has 0 amide bonds. The van der Waals surface area contributed by atoms with Gasteiger partial charge in [-0.25, -0.2) is 9.67 Å². The van der Waals surface area contributed by atoms with Crippen molar-refractivity contribution in [3.8, 4) is 0 Å². The molecule has 1 atom stereocenters. The standard InChI is InChI=1S/C14H27N5/c1-11(2)8-19-14(16-10-17-19)9-18-6-5-15-7-13(18)12(3)4/h10-13,15H,5-9H2,1-4H3. The van der Waals surface area contributed by atoms with Crippen molar-refractivity contribution in [2.24, 2.45) is 11.8 Å². The normalized spacial score (nSPS) is 21.5. The van der Waals surface area contributed by atoms with E-state index in [1.165, 1.54) is 0 Å². The maximum atomic E-state index is 4.45. The fourth-order valence-electron chi connectivity index (χ4n) is 2.71. The van der Waals surface area contributed by atoms with Gasteiger partial charge in [-0.05, 0) is 11.8 Å². The Kier molecular flexibility index (Phi) is 4.93. The van der Waals surface area contributed by atoms with Crippen LogP contribution in [0.4, 0.5) is 0 Å². The summed E-state index contributed by atoms with van der Waals surface area (Å²) in [4.78, 5) is 6.99. The summed E-state index contributed by atoms with van der Waals surface area (Å²) in [5.74, 6) is 2.36. The lowest BCUT2D eigenvalue weighted by atomic mass is 10.0. The van der Waals surface area contributed by atoms with Crippen LogP contribution in [0.3, 0.4) is 0 Å². The molecule has 5 nitrogen and oxygen atoms in total. The number of nitrogens with one attached hydrogen (secondary N) is 1. The van der Waals surface area contributed by atoms with Crippen LogP contribution in [0.1, 0.15) is 33.5 Å². The summed E-state index contributed by atoms with van der Waals surface area (Å²) < 4.78 is 2.06. The van der Waals surface area contributed by atoms with Gasteiger partial charge in [0.05, 0.1) is 6.54 Å². The number of aromatic nitrogens is 3. The quantitative estimate of drug-likeness (QED) is 0.873. The molecule has 0 saturated carbocycles. The summed E-state index contributed by atoms with van der Waals surface area (Å²) in [6, 6.07) is 0.595. The van der Waals surface area contributed by atoms with Gasteiger partial charge in [-0.15, -0.1) is 0 Å². The van der Waals surface area contributed by atoms with E-state index < -0.39 is 0 Å². The lowest BCUT2D eigenvalue weighted by Crippen LogP contribution is -2.53. The van der Waals surface area contributed by atoms with E-state index in [-0.39, 0.29) is 0 Å². The second-order valence-electron chi connectivity index (χ2n) is 6.24. The Morgan fingerprint density at radius 1 is 1.37 bits per heavy atom. The molecule has 1 N–H and O–H groups in total. The van der Waals surface area contributed by atoms with Crippen LogP contribution < -0.4 is 5.32 Å². The van der Waals surface area contributed by atoms with E-state index in [2.05, 4.69) is 52.7 Å². The molecule has 5 heteroatoms. The number of piperazine rings is 1. The zero-order chi connectivity index (χ0) is 13.8. The molecule has 19 heavy (non-hydrogen) atoms. The number of hydrogen-bond donors (Lipinski definition) is 1. The van der Waals surface area contributed by atoms with E-state index in [9.17, 15) is 0 Å². The maximum Gasteiger partial charge on any atom is 0.141 e. The maximum absolute atomic E-state index is 4.45. The fraction of sp³-hybridized carbons (Fsp3) is 0.857. The molecule has 2 heterocycles. The molecular weight excluding hydrogens is 238 g/mol. The highest BCUT2D eigenvalue weighted by Crippen LogP contribution is 2.15. The first-order valence-electron chi connectivity index (χ1n) is 7.39. The van der Waals surface area contributed by atoms with Gasteiger partial charge >= 0.3 is 0 Å². The average molecular weight is 265 g/mol. The van der Waals surface area contributed by atoms with E-state index in [0.29, 0.717) is 17.9 Å². The third-order valence-electron chi connectivity index (χ3n) is 3.75. The van der Waals surface area contributed by atoms with E-state index in [0.717, 1.165) is 38.5 Å². The van der Waals surface area contributed by atoms with Crippen molar-refractivity contribution in [3.05, 3.63) is 12.2 Å². The Morgan fingerprint density at radius 3 is 2.84 bits per heavy atom. The zero-order valence-corrected chi connectivity index (χ0v) is 12.6. The highest BCUT2D eigenvalue weighted by molar-refractivity contribution is 4.90. The molecule has 1 saturated heterocycles. The first kappa shape index (κ1) is 14.5. The van der Waals surface area contributed by atoms with E-state index in [1.54, 1.807) is 6.33 Å². The van der Waals surface area contributed by atoms with Crippen molar-refractivity contribution in [2.45, 2.75) is 46.8 Å². The molecule has 0 radical (unpaired) electrons. The average Bonchev–Trinajstić information content (AvgIpc) is 2.76. The van der Waals surface area contributed by atoms with Crippen LogP contribution >= 0.6 is 0 Å². The predicted octanol–water partition coefficient (Wildman–Crippen LogP) is 1.36. The molecule has 1 fully saturated rings. The van der Waals surface area contributed by atoms with Gasteiger partial charge in [0.25, 0.3) is 0 Å². The van der Waals surface area contributed by atoms with E-state index >= 15 is 0 Å². The van der Waals surface area contributed by atoms with Crippen molar-refractivity contribution in [2.75, 3.05) is 19.6 Å². The van der Waals surface area contributed by atoms with Gasteiger partial charge in [0.2, 0.25) is 0 Å². The molecule has 0 bridgehead atoms. The highest BCUT2D eigenvalue weighted by atomic mass is 15.4. The number of nitrogens with zero attached hydrogens (tertiary/aromatic N) is 4. The van der Waals surface area contributed by atoms with Crippen LogP contribution in [-0.2, 0) is 13.1 Å². The summed E-state index contributed by atoms with van der Waals surface area (Å²) in [5.41, 5.74) is 0. The van der Waals surface area contributed by atoms with Crippen molar-refractivity contribution in [1.29, 1.82) is 0 Å². The predicted molar refractivity (Wildman–Crippen MR) is 76.8 cm³/mol. The molecule has 1 aromatic heterocycles. The van der Waals surface area contributed by atoms with Crippen LogP contribution in [-0.4, -0.2) is 45.3 Å². The summed E-state index contributed by atoms with van der Waals surface area (Å²) in [6.45, 7) is 14.1. The Labute approximate surface area is 116 Å². The van der Waals surface area contributed by atoms with Crippen LogP contribution in [0.2, 0.25) is 0 Å². The second kappa shape index (κ2) is 6.48. The Hall–Kier alpha value is -0.940. The summed E-state index contributed by atoms with van der Waals surface area (Å²) in [5, 5.41) is 7.84. The molecule has 2 rings (SSSR count). The van der Waals surface area contributed by atoms with Crippen molar-refractivity contribution >= 4 is 0 Å². The topological polar surface area (TPSA) is 46.0 Å².